The van der Waals surface area contributed by atoms with E-state index in [0.29, 0.717) is 6.42 Å². The van der Waals surface area contributed by atoms with Crippen molar-refractivity contribution in [3.8, 4) is 0 Å². The summed E-state index contributed by atoms with van der Waals surface area (Å²) < 4.78 is 11.5. The van der Waals surface area contributed by atoms with E-state index in [1.165, 1.54) is 12.0 Å². The predicted molar refractivity (Wildman–Crippen MR) is 143 cm³/mol. The van der Waals surface area contributed by atoms with Crippen LogP contribution in [0.15, 0.2) is 78.9 Å². The van der Waals surface area contributed by atoms with E-state index >= 15 is 0 Å². The molecule has 7 nitrogen and oxygen atoms in total. The summed E-state index contributed by atoms with van der Waals surface area (Å²) in [5.74, 6) is -0.972. The molecule has 0 radical (unpaired) electrons. The van der Waals surface area contributed by atoms with E-state index in [1.807, 2.05) is 78.9 Å². The van der Waals surface area contributed by atoms with E-state index in [0.717, 1.165) is 25.8 Å². The Bertz CT molecular complexity index is 1230. The number of nitrogens with one attached hydrogen (secondary N) is 1. The summed E-state index contributed by atoms with van der Waals surface area (Å²) in [6.45, 7) is 0.338. The molecule has 1 aliphatic rings. The predicted octanol–water partition coefficient (Wildman–Crippen LogP) is 4.26. The van der Waals surface area contributed by atoms with Crippen LogP contribution >= 0.6 is 22.6 Å². The molecule has 186 valence electrons. The van der Waals surface area contributed by atoms with Gasteiger partial charge in [-0.2, -0.15) is 0 Å². The molecule has 0 saturated heterocycles. The maximum Gasteiger partial charge on any atom is 0.411 e. The topological polar surface area (TPSA) is 84.9 Å². The van der Waals surface area contributed by atoms with Crippen LogP contribution in [-0.2, 0) is 45.1 Å². The molecule has 0 bridgehead atoms. The van der Waals surface area contributed by atoms with Gasteiger partial charge < -0.3 is 14.8 Å². The van der Waals surface area contributed by atoms with Crippen molar-refractivity contribution in [3.05, 3.63) is 105 Å². The summed E-state index contributed by atoms with van der Waals surface area (Å²) in [6.07, 6.45) is 0.0131. The first-order valence-corrected chi connectivity index (χ1v) is 12.7. The van der Waals surface area contributed by atoms with Gasteiger partial charge in [-0.25, -0.2) is 9.59 Å². The van der Waals surface area contributed by atoms with Crippen molar-refractivity contribution in [1.29, 1.82) is 0 Å². The molecule has 0 saturated carbocycles. The third-order valence-corrected chi connectivity index (χ3v) is 7.23. The summed E-state index contributed by atoms with van der Waals surface area (Å²) in [6, 6.07) is 23.0. The number of rotatable bonds is 7. The third-order valence-electron chi connectivity index (χ3n) is 6.17. The molecule has 0 aliphatic carbocycles. The monoisotopic (exact) mass is 598 g/mol. The summed E-state index contributed by atoms with van der Waals surface area (Å²) >= 11 is 2.20. The van der Waals surface area contributed by atoms with Crippen LogP contribution < -0.4 is 5.32 Å². The van der Waals surface area contributed by atoms with Gasteiger partial charge in [-0.1, -0.05) is 72.8 Å². The Balaban J connectivity index is 1.54. The minimum Gasteiger partial charge on any atom is -0.467 e. The van der Waals surface area contributed by atoms with E-state index in [2.05, 4.69) is 27.9 Å². The molecule has 0 aromatic heterocycles. The zero-order chi connectivity index (χ0) is 25.5. The van der Waals surface area contributed by atoms with Gasteiger partial charge in [0, 0.05) is 16.4 Å². The second kappa shape index (κ2) is 12.0. The number of carbonyl (C=O) groups is 3. The van der Waals surface area contributed by atoms with Crippen LogP contribution in [0.25, 0.3) is 0 Å². The number of fused-ring (bicyclic) bond motifs is 1. The number of ether oxygens (including phenoxy) is 2. The lowest BCUT2D eigenvalue weighted by atomic mass is 9.93. The number of nitrogens with zero attached hydrogens (tertiary/aromatic N) is 1. The molecule has 2 atom stereocenters. The molecular weight excluding hydrogens is 571 g/mol. The van der Waals surface area contributed by atoms with Crippen molar-refractivity contribution in [2.24, 2.45) is 0 Å². The number of benzene rings is 3. The molecule has 1 N–H and O–H groups in total. The van der Waals surface area contributed by atoms with Crippen LogP contribution in [0.2, 0.25) is 0 Å². The quantitative estimate of drug-likeness (QED) is 0.325. The highest BCUT2D eigenvalue weighted by molar-refractivity contribution is 14.1. The van der Waals surface area contributed by atoms with E-state index in [4.69, 9.17) is 9.47 Å². The summed E-state index contributed by atoms with van der Waals surface area (Å²) in [4.78, 5) is 40.7. The molecule has 0 unspecified atom stereocenters. The SMILES string of the molecule is COC(=O)[C@@H](Cc1ccccc1I)NC(=O)[C@@H]1Cc2ccccc2CN1C(=O)OCc1ccccc1. The van der Waals surface area contributed by atoms with Gasteiger partial charge in [-0.15, -0.1) is 0 Å². The van der Waals surface area contributed by atoms with Gasteiger partial charge in [-0.05, 0) is 50.9 Å². The van der Waals surface area contributed by atoms with E-state index < -0.39 is 30.1 Å². The zero-order valence-electron chi connectivity index (χ0n) is 19.9. The fourth-order valence-corrected chi connectivity index (χ4v) is 4.85. The number of carbonyl (C=O) groups excluding carboxylic acids is 3. The Morgan fingerprint density at radius 1 is 0.972 bits per heavy atom. The van der Waals surface area contributed by atoms with Crippen LogP contribution in [-0.4, -0.2) is 42.1 Å². The van der Waals surface area contributed by atoms with Crippen molar-refractivity contribution in [2.75, 3.05) is 7.11 Å². The Labute approximate surface area is 223 Å². The first-order chi connectivity index (χ1) is 17.5. The van der Waals surface area contributed by atoms with E-state index in [9.17, 15) is 14.4 Å². The third kappa shape index (κ3) is 6.23. The van der Waals surface area contributed by atoms with Gasteiger partial charge in [0.1, 0.15) is 18.7 Å². The highest BCUT2D eigenvalue weighted by Gasteiger charge is 2.37. The molecule has 3 aromatic carbocycles. The standard InChI is InChI=1S/C28H27IN2O5/c1-35-27(33)24(15-21-12-7-8-14-23(21)29)30-26(32)25-16-20-11-5-6-13-22(20)17-31(25)28(34)36-18-19-9-3-2-4-10-19/h2-14,24-25H,15-18H2,1H3,(H,30,32)/t24-,25+/m1/s1. The first-order valence-electron chi connectivity index (χ1n) is 11.6. The Hall–Kier alpha value is -3.40. The molecule has 8 heteroatoms. The minimum absolute atomic E-state index is 0.101. The average Bonchev–Trinajstić information content (AvgIpc) is 2.91. The molecular formula is C28H27IN2O5. The second-order valence-corrected chi connectivity index (χ2v) is 9.70. The Morgan fingerprint density at radius 2 is 1.64 bits per heavy atom. The van der Waals surface area contributed by atoms with Gasteiger partial charge in [0.2, 0.25) is 5.91 Å². The molecule has 4 rings (SSSR count). The largest absolute Gasteiger partial charge is 0.467 e. The molecule has 0 fully saturated rings. The summed E-state index contributed by atoms with van der Waals surface area (Å²) in [5.41, 5.74) is 3.72. The van der Waals surface area contributed by atoms with Crippen LogP contribution in [0.1, 0.15) is 22.3 Å². The average molecular weight is 598 g/mol. The van der Waals surface area contributed by atoms with Crippen molar-refractivity contribution in [2.45, 2.75) is 38.1 Å². The normalized spacial score (nSPS) is 15.4. The van der Waals surface area contributed by atoms with Gasteiger partial charge in [-0.3, -0.25) is 9.69 Å². The molecule has 2 amide bonds. The van der Waals surface area contributed by atoms with Gasteiger partial charge >= 0.3 is 12.1 Å². The second-order valence-electron chi connectivity index (χ2n) is 8.54. The first kappa shape index (κ1) is 25.7. The molecule has 1 heterocycles. The summed E-state index contributed by atoms with van der Waals surface area (Å²) in [5, 5.41) is 2.84. The van der Waals surface area contributed by atoms with Crippen molar-refractivity contribution < 1.29 is 23.9 Å². The minimum atomic E-state index is -0.891. The zero-order valence-corrected chi connectivity index (χ0v) is 22.0. The number of methoxy groups -OCH3 is 1. The van der Waals surface area contributed by atoms with Gasteiger partial charge in [0.25, 0.3) is 0 Å². The maximum absolute atomic E-state index is 13.5. The highest BCUT2D eigenvalue weighted by Crippen LogP contribution is 2.25. The number of esters is 1. The Morgan fingerprint density at radius 3 is 2.36 bits per heavy atom. The van der Waals surface area contributed by atoms with Crippen LogP contribution in [0.5, 0.6) is 0 Å². The number of amides is 2. The van der Waals surface area contributed by atoms with E-state index in [-0.39, 0.29) is 19.6 Å². The van der Waals surface area contributed by atoms with Crippen molar-refractivity contribution in [1.82, 2.24) is 10.2 Å². The van der Waals surface area contributed by atoms with Gasteiger partial charge in [0.15, 0.2) is 0 Å². The number of hydrogen-bond acceptors (Lipinski definition) is 5. The van der Waals surface area contributed by atoms with Crippen LogP contribution in [0, 0.1) is 3.57 Å². The van der Waals surface area contributed by atoms with E-state index in [1.54, 1.807) is 0 Å². The maximum atomic E-state index is 13.5. The van der Waals surface area contributed by atoms with Crippen LogP contribution in [0.3, 0.4) is 0 Å². The fourth-order valence-electron chi connectivity index (χ4n) is 4.24. The van der Waals surface area contributed by atoms with Crippen molar-refractivity contribution >= 4 is 40.6 Å². The highest BCUT2D eigenvalue weighted by atomic mass is 127. The van der Waals surface area contributed by atoms with Crippen LogP contribution in [0.4, 0.5) is 4.79 Å². The fraction of sp³-hybridized carbons (Fsp3) is 0.250. The lowest BCUT2D eigenvalue weighted by molar-refractivity contribution is -0.145. The lowest BCUT2D eigenvalue weighted by Gasteiger charge is -2.35. The number of halogens is 1. The Kier molecular flexibility index (Phi) is 8.58. The number of hydrogen-bond donors (Lipinski definition) is 1. The molecule has 36 heavy (non-hydrogen) atoms. The summed E-state index contributed by atoms with van der Waals surface area (Å²) in [7, 11) is 1.29. The lowest BCUT2D eigenvalue weighted by Crippen LogP contribution is -2.56. The van der Waals surface area contributed by atoms with Gasteiger partial charge in [0.05, 0.1) is 13.7 Å². The molecule has 0 spiro atoms. The molecule has 1 aliphatic heterocycles. The van der Waals surface area contributed by atoms with Crippen molar-refractivity contribution in [3.63, 3.8) is 0 Å². The molecule has 3 aromatic rings. The smallest absolute Gasteiger partial charge is 0.411 e.